The van der Waals surface area contributed by atoms with Gasteiger partial charge in [0.2, 0.25) is 0 Å². The highest BCUT2D eigenvalue weighted by Gasteiger charge is 2.18. The Morgan fingerprint density at radius 2 is 2.00 bits per heavy atom. The molecule has 32 heavy (non-hydrogen) atoms. The second kappa shape index (κ2) is 8.31. The van der Waals surface area contributed by atoms with Crippen LogP contribution < -0.4 is 10.2 Å². The minimum absolute atomic E-state index is 0.258. The summed E-state index contributed by atoms with van der Waals surface area (Å²) in [5.74, 6) is 0.428. The smallest absolute Gasteiger partial charge is 0.276 e. The van der Waals surface area contributed by atoms with Crippen molar-refractivity contribution in [2.45, 2.75) is 6.54 Å². The first-order valence-electron chi connectivity index (χ1n) is 10.0. The number of benzene rings is 1. The van der Waals surface area contributed by atoms with Crippen LogP contribution in [0.3, 0.4) is 0 Å². The Morgan fingerprint density at radius 1 is 1.12 bits per heavy atom. The number of hydrogen-bond donors (Lipinski definition) is 2. The molecule has 0 unspecified atom stereocenters. The van der Waals surface area contributed by atoms with Gasteiger partial charge in [-0.1, -0.05) is 30.3 Å². The molecule has 1 amide bonds. The topological polar surface area (TPSA) is 104 Å². The molecule has 0 spiro atoms. The zero-order valence-electron chi connectivity index (χ0n) is 17.3. The van der Waals surface area contributed by atoms with Crippen molar-refractivity contribution in [3.63, 3.8) is 0 Å². The summed E-state index contributed by atoms with van der Waals surface area (Å²) < 4.78 is 1.66. The van der Waals surface area contributed by atoms with E-state index in [0.717, 1.165) is 17.1 Å². The predicted molar refractivity (Wildman–Crippen MR) is 121 cm³/mol. The van der Waals surface area contributed by atoms with Crippen molar-refractivity contribution < 1.29 is 4.79 Å². The van der Waals surface area contributed by atoms with E-state index in [0.29, 0.717) is 17.9 Å². The van der Waals surface area contributed by atoms with Gasteiger partial charge in [-0.25, -0.2) is 9.50 Å². The van der Waals surface area contributed by atoms with Crippen LogP contribution in [0.15, 0.2) is 79.4 Å². The number of aromatic amines is 1. The summed E-state index contributed by atoms with van der Waals surface area (Å²) >= 11 is 0. The third kappa shape index (κ3) is 3.91. The van der Waals surface area contributed by atoms with Gasteiger partial charge >= 0.3 is 0 Å². The summed E-state index contributed by atoms with van der Waals surface area (Å²) in [6, 6.07) is 17.3. The molecule has 0 saturated heterocycles. The van der Waals surface area contributed by atoms with Gasteiger partial charge in [-0.15, -0.1) is 0 Å². The molecule has 0 atom stereocenters. The summed E-state index contributed by atoms with van der Waals surface area (Å²) in [5, 5.41) is 14.2. The number of nitrogens with zero attached hydrogens (tertiary/aromatic N) is 6. The van der Waals surface area contributed by atoms with E-state index in [2.05, 4.69) is 42.6 Å². The standard InChI is InChI=1S/C23H20N8O/c1-30(15-16-6-3-2-4-7-16)21-11-20(17-12-25-26-13-17)31-22(28-21)10-19(29-31)23(32)27-18-8-5-9-24-14-18/h2-14H,15H2,1H3,(H,25,26)(H,27,32). The van der Waals surface area contributed by atoms with Crippen LogP contribution in [0.5, 0.6) is 0 Å². The maximum atomic E-state index is 12.8. The Morgan fingerprint density at radius 3 is 2.75 bits per heavy atom. The molecule has 0 bridgehead atoms. The molecule has 0 saturated carbocycles. The molecule has 5 rings (SSSR count). The number of nitrogens with one attached hydrogen (secondary N) is 2. The number of H-pyrrole nitrogens is 1. The molecule has 1 aromatic carbocycles. The fourth-order valence-electron chi connectivity index (χ4n) is 3.43. The monoisotopic (exact) mass is 424 g/mol. The van der Waals surface area contributed by atoms with E-state index in [1.807, 2.05) is 31.3 Å². The van der Waals surface area contributed by atoms with Crippen LogP contribution in [0, 0.1) is 0 Å². The summed E-state index contributed by atoms with van der Waals surface area (Å²) in [6.07, 6.45) is 6.73. The summed E-state index contributed by atoms with van der Waals surface area (Å²) in [5.41, 5.74) is 4.21. The Hall–Kier alpha value is -4.53. The van der Waals surface area contributed by atoms with E-state index in [1.54, 1.807) is 47.5 Å². The molecule has 9 heteroatoms. The minimum Gasteiger partial charge on any atom is -0.355 e. The molecule has 0 aliphatic rings. The SMILES string of the molecule is CN(Cc1ccccc1)c1cc(-c2cn[nH]c2)n2nc(C(=O)Nc3cccnc3)cc2n1. The van der Waals surface area contributed by atoms with Crippen molar-refractivity contribution in [1.29, 1.82) is 0 Å². The molecule has 0 fully saturated rings. The van der Waals surface area contributed by atoms with E-state index in [9.17, 15) is 4.79 Å². The lowest BCUT2D eigenvalue weighted by Gasteiger charge is -2.19. The maximum Gasteiger partial charge on any atom is 0.276 e. The normalized spacial score (nSPS) is 10.9. The van der Waals surface area contributed by atoms with E-state index in [4.69, 9.17) is 4.98 Å². The molecule has 4 aromatic heterocycles. The van der Waals surface area contributed by atoms with Crippen LogP contribution in [0.2, 0.25) is 0 Å². The number of fused-ring (bicyclic) bond motifs is 1. The van der Waals surface area contributed by atoms with Crippen LogP contribution in [0.1, 0.15) is 16.1 Å². The highest BCUT2D eigenvalue weighted by molar-refractivity contribution is 6.03. The first kappa shape index (κ1) is 19.4. The molecule has 0 radical (unpaired) electrons. The third-order valence-corrected chi connectivity index (χ3v) is 5.01. The van der Waals surface area contributed by atoms with Crippen molar-refractivity contribution in [3.8, 4) is 11.3 Å². The summed E-state index contributed by atoms with van der Waals surface area (Å²) in [6.45, 7) is 0.692. The van der Waals surface area contributed by atoms with Gasteiger partial charge in [0, 0.05) is 43.7 Å². The second-order valence-electron chi connectivity index (χ2n) is 7.32. The number of rotatable bonds is 6. The Kier molecular flexibility index (Phi) is 5.04. The average Bonchev–Trinajstić information content (AvgIpc) is 3.50. The number of hydrogen-bond acceptors (Lipinski definition) is 6. The number of aromatic nitrogens is 6. The molecule has 4 heterocycles. The van der Waals surface area contributed by atoms with Gasteiger partial charge in [-0.2, -0.15) is 10.2 Å². The van der Waals surface area contributed by atoms with Gasteiger partial charge in [0.25, 0.3) is 5.91 Å². The first-order chi connectivity index (χ1) is 15.7. The quantitative estimate of drug-likeness (QED) is 0.433. The van der Waals surface area contributed by atoms with E-state index >= 15 is 0 Å². The Labute approximate surface area is 183 Å². The Bertz CT molecular complexity index is 1350. The lowest BCUT2D eigenvalue weighted by molar-refractivity contribution is 0.102. The van der Waals surface area contributed by atoms with E-state index < -0.39 is 0 Å². The van der Waals surface area contributed by atoms with Gasteiger partial charge in [0.15, 0.2) is 11.3 Å². The number of amides is 1. The van der Waals surface area contributed by atoms with Crippen molar-refractivity contribution in [2.24, 2.45) is 0 Å². The molecule has 0 aliphatic heterocycles. The number of anilines is 2. The number of carbonyl (C=O) groups excluding carboxylic acids is 1. The number of pyridine rings is 1. The molecule has 2 N–H and O–H groups in total. The van der Waals surface area contributed by atoms with Crippen molar-refractivity contribution in [1.82, 2.24) is 29.8 Å². The van der Waals surface area contributed by atoms with Crippen LogP contribution >= 0.6 is 0 Å². The largest absolute Gasteiger partial charge is 0.355 e. The molecule has 9 nitrogen and oxygen atoms in total. The molecular weight excluding hydrogens is 404 g/mol. The maximum absolute atomic E-state index is 12.8. The zero-order chi connectivity index (χ0) is 21.9. The molecule has 5 aromatic rings. The van der Waals surface area contributed by atoms with Gasteiger partial charge < -0.3 is 10.2 Å². The fraction of sp³-hybridized carbons (Fsp3) is 0.0870. The van der Waals surface area contributed by atoms with Gasteiger partial charge in [0.05, 0.1) is 23.8 Å². The highest BCUT2D eigenvalue weighted by atomic mass is 16.1. The lowest BCUT2D eigenvalue weighted by Crippen LogP contribution is -2.18. The van der Waals surface area contributed by atoms with Crippen molar-refractivity contribution >= 4 is 23.1 Å². The van der Waals surface area contributed by atoms with Gasteiger partial charge in [0.1, 0.15) is 5.82 Å². The average molecular weight is 424 g/mol. The molecule has 158 valence electrons. The fourth-order valence-corrected chi connectivity index (χ4v) is 3.43. The Balaban J connectivity index is 1.53. The van der Waals surface area contributed by atoms with Crippen molar-refractivity contribution in [3.05, 3.63) is 90.6 Å². The summed E-state index contributed by atoms with van der Waals surface area (Å²) in [4.78, 5) is 23.6. The summed E-state index contributed by atoms with van der Waals surface area (Å²) in [7, 11) is 1.98. The highest BCUT2D eigenvalue weighted by Crippen LogP contribution is 2.25. The first-order valence-corrected chi connectivity index (χ1v) is 10.0. The second-order valence-corrected chi connectivity index (χ2v) is 7.32. The van der Waals surface area contributed by atoms with Crippen molar-refractivity contribution in [2.75, 3.05) is 17.3 Å². The van der Waals surface area contributed by atoms with Crippen LogP contribution in [-0.4, -0.2) is 42.7 Å². The van der Waals surface area contributed by atoms with E-state index in [1.165, 1.54) is 5.56 Å². The minimum atomic E-state index is -0.333. The van der Waals surface area contributed by atoms with Gasteiger partial charge in [-0.05, 0) is 17.7 Å². The van der Waals surface area contributed by atoms with Gasteiger partial charge in [-0.3, -0.25) is 14.9 Å². The van der Waals surface area contributed by atoms with Crippen LogP contribution in [0.25, 0.3) is 16.9 Å². The molecular formula is C23H20N8O. The number of carbonyl (C=O) groups is 1. The van der Waals surface area contributed by atoms with E-state index in [-0.39, 0.29) is 11.6 Å². The lowest BCUT2D eigenvalue weighted by atomic mass is 10.2. The zero-order valence-corrected chi connectivity index (χ0v) is 17.3. The van der Waals surface area contributed by atoms with Crippen LogP contribution in [-0.2, 0) is 6.54 Å². The predicted octanol–water partition coefficient (Wildman–Crippen LogP) is 3.40. The molecule has 0 aliphatic carbocycles. The third-order valence-electron chi connectivity index (χ3n) is 5.01. The van der Waals surface area contributed by atoms with Crippen LogP contribution in [0.4, 0.5) is 11.5 Å².